The minimum atomic E-state index is -1.14. The third-order valence-corrected chi connectivity index (χ3v) is 4.17. The van der Waals surface area contributed by atoms with Crippen LogP contribution in [0.1, 0.15) is 91.8 Å². The van der Waals surface area contributed by atoms with Gasteiger partial charge in [-0.1, -0.05) is 76.8 Å². The predicted octanol–water partition coefficient (Wildman–Crippen LogP) is 4.97. The first-order valence-corrected chi connectivity index (χ1v) is 9.43. The third kappa shape index (κ3) is 9.25. The Bertz CT molecular complexity index is 516. The van der Waals surface area contributed by atoms with Crippen molar-refractivity contribution in [2.24, 2.45) is 0 Å². The quantitative estimate of drug-likeness (QED) is 0.366. The van der Waals surface area contributed by atoms with E-state index < -0.39 is 11.9 Å². The molecule has 0 unspecified atom stereocenters. The smallest absolute Gasteiger partial charge is 0.357 e. The summed E-state index contributed by atoms with van der Waals surface area (Å²) in [7, 11) is 0. The van der Waals surface area contributed by atoms with Gasteiger partial charge in [0, 0.05) is 6.54 Å². The standard InChI is InChI=1S/C20H31NO4/c1-2-3-4-5-6-7-8-9-10-13-16-21-25-20(24)18-15-12-11-14-17(18)19(22)23/h11-12,14-15,21H,2-10,13,16H2,1H3,(H,22,23). The molecule has 140 valence electrons. The van der Waals surface area contributed by atoms with Crippen molar-refractivity contribution >= 4 is 11.9 Å². The number of carbonyl (C=O) groups is 2. The molecule has 2 N–H and O–H groups in total. The van der Waals surface area contributed by atoms with Crippen molar-refractivity contribution < 1.29 is 19.5 Å². The van der Waals surface area contributed by atoms with E-state index in [2.05, 4.69) is 12.4 Å². The van der Waals surface area contributed by atoms with Crippen molar-refractivity contribution in [1.29, 1.82) is 0 Å². The molecule has 0 aromatic heterocycles. The SMILES string of the molecule is CCCCCCCCCCCCNOC(=O)c1ccccc1C(=O)O. The molecule has 0 aliphatic heterocycles. The van der Waals surface area contributed by atoms with Crippen LogP contribution in [-0.2, 0) is 4.84 Å². The maximum absolute atomic E-state index is 11.9. The molecule has 0 radical (unpaired) electrons. The lowest BCUT2D eigenvalue weighted by Crippen LogP contribution is -2.22. The van der Waals surface area contributed by atoms with E-state index in [-0.39, 0.29) is 11.1 Å². The summed E-state index contributed by atoms with van der Waals surface area (Å²) in [6.07, 6.45) is 12.5. The van der Waals surface area contributed by atoms with E-state index in [1.807, 2.05) is 0 Å². The molecule has 0 saturated carbocycles. The fourth-order valence-electron chi connectivity index (χ4n) is 2.70. The first-order valence-electron chi connectivity index (χ1n) is 9.43. The Balaban J connectivity index is 2.05. The second-order valence-corrected chi connectivity index (χ2v) is 6.32. The molecule has 1 aromatic rings. The minimum absolute atomic E-state index is 0.0479. The van der Waals surface area contributed by atoms with Crippen molar-refractivity contribution in [3.63, 3.8) is 0 Å². The van der Waals surface area contributed by atoms with E-state index >= 15 is 0 Å². The molecule has 0 aliphatic rings. The summed E-state index contributed by atoms with van der Waals surface area (Å²) in [5.74, 6) is -1.80. The number of carboxylic acids is 1. The molecular weight excluding hydrogens is 318 g/mol. The minimum Gasteiger partial charge on any atom is -0.478 e. The molecule has 0 bridgehead atoms. The van der Waals surface area contributed by atoms with Gasteiger partial charge in [0.05, 0.1) is 11.1 Å². The van der Waals surface area contributed by atoms with Crippen LogP contribution in [0.2, 0.25) is 0 Å². The molecule has 25 heavy (non-hydrogen) atoms. The van der Waals surface area contributed by atoms with E-state index in [0.29, 0.717) is 6.54 Å². The van der Waals surface area contributed by atoms with Crippen molar-refractivity contribution in [2.75, 3.05) is 6.54 Å². The van der Waals surface area contributed by atoms with Gasteiger partial charge in [0.25, 0.3) is 0 Å². The van der Waals surface area contributed by atoms with Crippen LogP contribution >= 0.6 is 0 Å². The van der Waals surface area contributed by atoms with Crippen LogP contribution in [0.4, 0.5) is 0 Å². The van der Waals surface area contributed by atoms with E-state index in [1.165, 1.54) is 63.5 Å². The normalized spacial score (nSPS) is 10.6. The second kappa shape index (κ2) is 13.4. The Morgan fingerprint density at radius 1 is 0.880 bits per heavy atom. The lowest BCUT2D eigenvalue weighted by Gasteiger charge is -2.07. The lowest BCUT2D eigenvalue weighted by atomic mass is 10.1. The van der Waals surface area contributed by atoms with Crippen LogP contribution in [-0.4, -0.2) is 23.6 Å². The summed E-state index contributed by atoms with van der Waals surface area (Å²) in [5, 5.41) is 9.06. The Morgan fingerprint density at radius 2 is 1.40 bits per heavy atom. The zero-order chi connectivity index (χ0) is 18.3. The van der Waals surface area contributed by atoms with E-state index in [0.717, 1.165) is 12.8 Å². The summed E-state index contributed by atoms with van der Waals surface area (Å²) in [6, 6.07) is 6.04. The van der Waals surface area contributed by atoms with Crippen LogP contribution in [0.15, 0.2) is 24.3 Å². The summed E-state index contributed by atoms with van der Waals surface area (Å²) < 4.78 is 0. The molecule has 0 atom stereocenters. The van der Waals surface area contributed by atoms with Gasteiger partial charge in [-0.3, -0.25) is 0 Å². The van der Waals surface area contributed by atoms with E-state index in [1.54, 1.807) is 12.1 Å². The molecule has 5 heteroatoms. The monoisotopic (exact) mass is 349 g/mol. The number of rotatable bonds is 14. The molecular formula is C20H31NO4. The van der Waals surface area contributed by atoms with Gasteiger partial charge in [0.15, 0.2) is 0 Å². The number of nitrogens with one attached hydrogen (secondary N) is 1. The second-order valence-electron chi connectivity index (χ2n) is 6.32. The number of unbranched alkanes of at least 4 members (excludes halogenated alkanes) is 9. The maximum Gasteiger partial charge on any atom is 0.357 e. The van der Waals surface area contributed by atoms with Gasteiger partial charge >= 0.3 is 11.9 Å². The lowest BCUT2D eigenvalue weighted by molar-refractivity contribution is 0.0246. The Kier molecular flexibility index (Phi) is 11.4. The first kappa shape index (κ1) is 21.2. The van der Waals surface area contributed by atoms with Crippen molar-refractivity contribution in [2.45, 2.75) is 71.1 Å². The molecule has 0 amide bonds. The fraction of sp³-hybridized carbons (Fsp3) is 0.600. The highest BCUT2D eigenvalue weighted by molar-refractivity contribution is 6.02. The number of aromatic carboxylic acids is 1. The van der Waals surface area contributed by atoms with Crippen molar-refractivity contribution in [1.82, 2.24) is 5.48 Å². The molecule has 0 spiro atoms. The van der Waals surface area contributed by atoms with Crippen LogP contribution in [0, 0.1) is 0 Å². The maximum atomic E-state index is 11.9. The molecule has 0 aliphatic carbocycles. The average Bonchev–Trinajstić information content (AvgIpc) is 2.62. The van der Waals surface area contributed by atoms with Gasteiger partial charge in [0.2, 0.25) is 0 Å². The first-order chi connectivity index (χ1) is 12.2. The van der Waals surface area contributed by atoms with Crippen LogP contribution in [0.3, 0.4) is 0 Å². The van der Waals surface area contributed by atoms with E-state index in [9.17, 15) is 9.59 Å². The van der Waals surface area contributed by atoms with Gasteiger partial charge in [-0.25, -0.2) is 9.59 Å². The van der Waals surface area contributed by atoms with Crippen LogP contribution in [0.25, 0.3) is 0 Å². The number of benzene rings is 1. The average molecular weight is 349 g/mol. The molecule has 1 rings (SSSR count). The van der Waals surface area contributed by atoms with Gasteiger partial charge < -0.3 is 9.94 Å². The number of carboxylic acid groups (broad SMARTS) is 1. The highest BCUT2D eigenvalue weighted by Gasteiger charge is 2.16. The summed E-state index contributed by atoms with van der Waals surface area (Å²) in [6.45, 7) is 2.81. The van der Waals surface area contributed by atoms with Crippen molar-refractivity contribution in [3.05, 3.63) is 35.4 Å². The van der Waals surface area contributed by atoms with Crippen LogP contribution < -0.4 is 5.48 Å². The third-order valence-electron chi connectivity index (χ3n) is 4.17. The van der Waals surface area contributed by atoms with Crippen LogP contribution in [0.5, 0.6) is 0 Å². The summed E-state index contributed by atoms with van der Waals surface area (Å²) in [5.41, 5.74) is 2.65. The molecule has 5 nitrogen and oxygen atoms in total. The summed E-state index contributed by atoms with van der Waals surface area (Å²) >= 11 is 0. The molecule has 0 saturated heterocycles. The van der Waals surface area contributed by atoms with Gasteiger partial charge in [-0.05, 0) is 18.6 Å². The number of hydrogen-bond acceptors (Lipinski definition) is 4. The fourth-order valence-corrected chi connectivity index (χ4v) is 2.70. The molecule has 0 fully saturated rings. The molecule has 1 aromatic carbocycles. The zero-order valence-corrected chi connectivity index (χ0v) is 15.3. The van der Waals surface area contributed by atoms with Gasteiger partial charge in [-0.2, -0.15) is 5.48 Å². The van der Waals surface area contributed by atoms with Crippen molar-refractivity contribution in [3.8, 4) is 0 Å². The topological polar surface area (TPSA) is 75.6 Å². The number of hydrogen-bond donors (Lipinski definition) is 2. The predicted molar refractivity (Wildman–Crippen MR) is 98.7 cm³/mol. The largest absolute Gasteiger partial charge is 0.478 e. The van der Waals surface area contributed by atoms with Gasteiger partial charge in [-0.15, -0.1) is 0 Å². The van der Waals surface area contributed by atoms with E-state index in [4.69, 9.17) is 9.94 Å². The number of hydroxylamine groups is 1. The Labute approximate surface area is 150 Å². The highest BCUT2D eigenvalue weighted by Crippen LogP contribution is 2.11. The Hall–Kier alpha value is -1.88. The zero-order valence-electron chi connectivity index (χ0n) is 15.3. The number of carbonyl (C=O) groups excluding carboxylic acids is 1. The Morgan fingerprint density at radius 3 is 1.96 bits per heavy atom. The molecule has 0 heterocycles. The summed E-state index contributed by atoms with van der Waals surface area (Å²) in [4.78, 5) is 27.9. The highest BCUT2D eigenvalue weighted by atomic mass is 16.7. The van der Waals surface area contributed by atoms with Gasteiger partial charge in [0.1, 0.15) is 0 Å².